The molecule has 0 unspecified atom stereocenters. The third-order valence-electron chi connectivity index (χ3n) is 2.41. The van der Waals surface area contributed by atoms with E-state index in [1.807, 2.05) is 6.07 Å². The molecular weight excluding hydrogens is 290 g/mol. The molecule has 110 valence electrons. The monoisotopic (exact) mass is 309 g/mol. The lowest BCUT2D eigenvalue weighted by atomic mass is 10.4. The van der Waals surface area contributed by atoms with Crippen LogP contribution in [0.15, 0.2) is 22.8 Å². The molecule has 0 spiro atoms. The van der Waals surface area contributed by atoms with E-state index >= 15 is 0 Å². The number of hydrogen-bond donors (Lipinski definition) is 1. The number of sulfonamides is 1. The molecule has 0 saturated carbocycles. The molecule has 0 amide bonds. The minimum Gasteiger partial charge on any atom is -0.467 e. The summed E-state index contributed by atoms with van der Waals surface area (Å²) in [7, 11) is -3.17. The number of alkyl halides is 1. The molecule has 19 heavy (non-hydrogen) atoms. The molecule has 1 rings (SSSR count). The second-order valence-electron chi connectivity index (χ2n) is 4.09. The lowest BCUT2D eigenvalue weighted by Gasteiger charge is -2.06. The zero-order chi connectivity index (χ0) is 14.0. The Morgan fingerprint density at radius 2 is 2.16 bits per heavy atom. The first-order valence-corrected chi connectivity index (χ1v) is 8.46. The smallest absolute Gasteiger partial charge is 0.211 e. The van der Waals surface area contributed by atoms with E-state index in [1.165, 1.54) is 0 Å². The third kappa shape index (κ3) is 8.26. The largest absolute Gasteiger partial charge is 0.467 e. The zero-order valence-corrected chi connectivity index (χ0v) is 12.4. The van der Waals surface area contributed by atoms with E-state index in [9.17, 15) is 8.42 Å². The van der Waals surface area contributed by atoms with Crippen LogP contribution < -0.4 is 4.72 Å². The maximum atomic E-state index is 11.5. The standard InChI is InChI=1S/C12H20ClNO4S/c13-6-1-2-10-19(15,16)14-7-4-8-17-11-12-5-3-9-18-12/h3,5,9,14H,1-2,4,6-8,10-11H2. The molecule has 0 fully saturated rings. The van der Waals surface area contributed by atoms with Gasteiger partial charge in [-0.3, -0.25) is 0 Å². The number of nitrogens with one attached hydrogen (secondary N) is 1. The highest BCUT2D eigenvalue weighted by Crippen LogP contribution is 2.02. The van der Waals surface area contributed by atoms with E-state index in [-0.39, 0.29) is 5.75 Å². The second-order valence-corrected chi connectivity index (χ2v) is 6.40. The fourth-order valence-corrected chi connectivity index (χ4v) is 2.80. The first kappa shape index (κ1) is 16.5. The summed E-state index contributed by atoms with van der Waals surface area (Å²) in [5.41, 5.74) is 0. The van der Waals surface area contributed by atoms with E-state index in [0.717, 1.165) is 5.76 Å². The maximum Gasteiger partial charge on any atom is 0.211 e. The second kappa shape index (κ2) is 9.36. The predicted molar refractivity (Wildman–Crippen MR) is 74.7 cm³/mol. The Hall–Kier alpha value is -0.560. The molecule has 5 nitrogen and oxygen atoms in total. The van der Waals surface area contributed by atoms with E-state index in [4.69, 9.17) is 20.8 Å². The molecule has 0 bridgehead atoms. The lowest BCUT2D eigenvalue weighted by molar-refractivity contribution is 0.105. The Kier molecular flexibility index (Phi) is 8.13. The van der Waals surface area contributed by atoms with Gasteiger partial charge in [0.05, 0.1) is 12.0 Å². The van der Waals surface area contributed by atoms with Crippen LogP contribution in [0.3, 0.4) is 0 Å². The minimum absolute atomic E-state index is 0.132. The van der Waals surface area contributed by atoms with Crippen molar-refractivity contribution in [3.8, 4) is 0 Å². The first-order chi connectivity index (χ1) is 9.14. The van der Waals surface area contributed by atoms with Gasteiger partial charge in [-0.1, -0.05) is 0 Å². The van der Waals surface area contributed by atoms with E-state index in [1.54, 1.807) is 12.3 Å². The summed E-state index contributed by atoms with van der Waals surface area (Å²) < 4.78 is 36.0. The molecular formula is C12H20ClNO4S. The van der Waals surface area contributed by atoms with Crippen LogP contribution in [0, 0.1) is 0 Å². The highest BCUT2D eigenvalue weighted by Gasteiger charge is 2.08. The van der Waals surface area contributed by atoms with E-state index < -0.39 is 10.0 Å². The van der Waals surface area contributed by atoms with E-state index in [0.29, 0.717) is 44.9 Å². The molecule has 0 atom stereocenters. The normalized spacial score (nSPS) is 11.8. The number of unbranched alkanes of at least 4 members (excludes halogenated alkanes) is 1. The molecule has 1 heterocycles. The van der Waals surface area contributed by atoms with Gasteiger partial charge in [-0.05, 0) is 31.4 Å². The first-order valence-electron chi connectivity index (χ1n) is 6.27. The Morgan fingerprint density at radius 1 is 1.32 bits per heavy atom. The summed E-state index contributed by atoms with van der Waals surface area (Å²) in [6.07, 6.45) is 3.53. The quantitative estimate of drug-likeness (QED) is 0.502. The minimum atomic E-state index is -3.17. The van der Waals surface area contributed by atoms with Crippen molar-refractivity contribution < 1.29 is 17.6 Å². The molecule has 1 aromatic rings. The van der Waals surface area contributed by atoms with E-state index in [2.05, 4.69) is 4.72 Å². The van der Waals surface area contributed by atoms with Crippen LogP contribution in [0.5, 0.6) is 0 Å². The third-order valence-corrected chi connectivity index (χ3v) is 4.15. The van der Waals surface area contributed by atoms with Gasteiger partial charge in [0.15, 0.2) is 0 Å². The molecule has 0 radical (unpaired) electrons. The van der Waals surface area contributed by atoms with Gasteiger partial charge in [-0.15, -0.1) is 11.6 Å². The van der Waals surface area contributed by atoms with Gasteiger partial charge in [0.25, 0.3) is 0 Å². The zero-order valence-electron chi connectivity index (χ0n) is 10.8. The van der Waals surface area contributed by atoms with Crippen molar-refractivity contribution in [3.63, 3.8) is 0 Å². The number of hydrogen-bond acceptors (Lipinski definition) is 4. The van der Waals surface area contributed by atoms with Crippen molar-refractivity contribution in [1.29, 1.82) is 0 Å². The molecule has 0 aliphatic carbocycles. The van der Waals surface area contributed by atoms with Crippen LogP contribution in [0.1, 0.15) is 25.0 Å². The molecule has 1 N–H and O–H groups in total. The topological polar surface area (TPSA) is 68.5 Å². The van der Waals surface area contributed by atoms with Crippen LogP contribution in [-0.2, 0) is 21.4 Å². The van der Waals surface area contributed by atoms with Crippen molar-refractivity contribution >= 4 is 21.6 Å². The van der Waals surface area contributed by atoms with Crippen molar-refractivity contribution in [1.82, 2.24) is 4.72 Å². The molecule has 0 aliphatic rings. The van der Waals surface area contributed by atoms with Crippen molar-refractivity contribution in [2.45, 2.75) is 25.9 Å². The maximum absolute atomic E-state index is 11.5. The van der Waals surface area contributed by atoms with Crippen molar-refractivity contribution in [2.75, 3.05) is 24.8 Å². The van der Waals surface area contributed by atoms with Gasteiger partial charge in [0, 0.05) is 19.0 Å². The average Bonchev–Trinajstić information content (AvgIpc) is 2.87. The van der Waals surface area contributed by atoms with Crippen LogP contribution >= 0.6 is 11.6 Å². The van der Waals surface area contributed by atoms with Gasteiger partial charge >= 0.3 is 0 Å². The van der Waals surface area contributed by atoms with Crippen molar-refractivity contribution in [3.05, 3.63) is 24.2 Å². The molecule has 7 heteroatoms. The summed E-state index contributed by atoms with van der Waals surface area (Å²) in [6.45, 7) is 1.29. The predicted octanol–water partition coefficient (Wildman–Crippen LogP) is 2.12. The van der Waals surface area contributed by atoms with Gasteiger partial charge in [0.1, 0.15) is 12.4 Å². The van der Waals surface area contributed by atoms with Crippen LogP contribution in [0.2, 0.25) is 0 Å². The Morgan fingerprint density at radius 3 is 2.84 bits per heavy atom. The number of ether oxygens (including phenoxy) is 1. The Bertz CT molecular complexity index is 419. The number of furan rings is 1. The summed E-state index contributed by atoms with van der Waals surface area (Å²) in [4.78, 5) is 0. The molecule has 0 saturated heterocycles. The Labute approximate surface area is 119 Å². The highest BCUT2D eigenvalue weighted by molar-refractivity contribution is 7.89. The van der Waals surface area contributed by atoms with Crippen LogP contribution in [0.4, 0.5) is 0 Å². The highest BCUT2D eigenvalue weighted by atomic mass is 35.5. The summed E-state index contributed by atoms with van der Waals surface area (Å²) in [5, 5.41) is 0. The van der Waals surface area contributed by atoms with Gasteiger partial charge in [0.2, 0.25) is 10.0 Å². The fourth-order valence-electron chi connectivity index (χ4n) is 1.43. The molecule has 1 aromatic heterocycles. The SMILES string of the molecule is O=S(=O)(CCCCCl)NCCCOCc1ccco1. The number of halogens is 1. The van der Waals surface area contributed by atoms with Gasteiger partial charge in [-0.25, -0.2) is 13.1 Å². The summed E-state index contributed by atoms with van der Waals surface area (Å²) >= 11 is 5.49. The molecule has 0 aliphatic heterocycles. The Balaban J connectivity index is 2.00. The van der Waals surface area contributed by atoms with Crippen molar-refractivity contribution in [2.24, 2.45) is 0 Å². The number of rotatable bonds is 11. The fraction of sp³-hybridized carbons (Fsp3) is 0.667. The van der Waals surface area contributed by atoms with Crippen LogP contribution in [-0.4, -0.2) is 33.2 Å². The van der Waals surface area contributed by atoms with Gasteiger partial charge < -0.3 is 9.15 Å². The average molecular weight is 310 g/mol. The van der Waals surface area contributed by atoms with Crippen LogP contribution in [0.25, 0.3) is 0 Å². The summed E-state index contributed by atoms with van der Waals surface area (Å²) in [5.74, 6) is 1.39. The lowest BCUT2D eigenvalue weighted by Crippen LogP contribution is -2.28. The van der Waals surface area contributed by atoms with Gasteiger partial charge in [-0.2, -0.15) is 0 Å². The molecule has 0 aromatic carbocycles. The summed E-state index contributed by atoms with van der Waals surface area (Å²) in [6, 6.07) is 3.63.